The van der Waals surface area contributed by atoms with Gasteiger partial charge in [-0.2, -0.15) is 0 Å². The van der Waals surface area contributed by atoms with Crippen molar-refractivity contribution in [1.29, 1.82) is 0 Å². The average Bonchev–Trinajstić information content (AvgIpc) is 2.91. The van der Waals surface area contributed by atoms with Gasteiger partial charge in [0.25, 0.3) is 5.91 Å². The molecule has 25 heavy (non-hydrogen) atoms. The number of carbonyl (C=O) groups excluding carboxylic acids is 2. The van der Waals surface area contributed by atoms with E-state index in [-0.39, 0.29) is 11.8 Å². The van der Waals surface area contributed by atoms with E-state index >= 15 is 0 Å². The number of rotatable bonds is 4. The SMILES string of the molecule is COc1ccc2c(C)c(C(=O)Nc3cccc(NC(C)=O)c3)[nH]c2c1. The number of nitrogens with one attached hydrogen (secondary N) is 3. The number of hydrogen-bond donors (Lipinski definition) is 3. The molecule has 0 radical (unpaired) electrons. The Bertz CT molecular complexity index is 960. The smallest absolute Gasteiger partial charge is 0.272 e. The second-order valence-electron chi connectivity index (χ2n) is 5.75. The number of anilines is 2. The van der Waals surface area contributed by atoms with Crippen molar-refractivity contribution in [2.75, 3.05) is 17.7 Å². The van der Waals surface area contributed by atoms with E-state index in [0.29, 0.717) is 17.1 Å². The van der Waals surface area contributed by atoms with Crippen LogP contribution < -0.4 is 15.4 Å². The molecule has 0 fully saturated rings. The van der Waals surface area contributed by atoms with Gasteiger partial charge in [-0.3, -0.25) is 9.59 Å². The van der Waals surface area contributed by atoms with Crippen LogP contribution in [0.5, 0.6) is 5.75 Å². The molecular weight excluding hydrogens is 318 g/mol. The minimum Gasteiger partial charge on any atom is -0.497 e. The van der Waals surface area contributed by atoms with Gasteiger partial charge in [0.05, 0.1) is 7.11 Å². The van der Waals surface area contributed by atoms with Crippen LogP contribution in [0, 0.1) is 6.92 Å². The van der Waals surface area contributed by atoms with Gasteiger partial charge in [0.2, 0.25) is 5.91 Å². The van der Waals surface area contributed by atoms with Crippen molar-refractivity contribution < 1.29 is 14.3 Å². The fourth-order valence-corrected chi connectivity index (χ4v) is 2.74. The van der Waals surface area contributed by atoms with Crippen molar-refractivity contribution in [2.45, 2.75) is 13.8 Å². The van der Waals surface area contributed by atoms with Crippen molar-refractivity contribution in [3.05, 3.63) is 53.7 Å². The first kappa shape index (κ1) is 16.6. The predicted octanol–water partition coefficient (Wildman–Crippen LogP) is 3.70. The summed E-state index contributed by atoms with van der Waals surface area (Å²) >= 11 is 0. The summed E-state index contributed by atoms with van der Waals surface area (Å²) in [5.74, 6) is 0.320. The molecule has 128 valence electrons. The standard InChI is InChI=1S/C19H19N3O3/c1-11-16-8-7-15(25-3)10-17(16)22-18(11)19(24)21-14-6-4-5-13(9-14)20-12(2)23/h4-10,22H,1-3H3,(H,20,23)(H,21,24). The number of aromatic nitrogens is 1. The second kappa shape index (κ2) is 6.68. The zero-order valence-corrected chi connectivity index (χ0v) is 14.3. The molecule has 2 aromatic carbocycles. The zero-order chi connectivity index (χ0) is 18.0. The van der Waals surface area contributed by atoms with Crippen LogP contribution in [0.15, 0.2) is 42.5 Å². The first-order valence-corrected chi connectivity index (χ1v) is 7.83. The van der Waals surface area contributed by atoms with Crippen LogP contribution in [0.2, 0.25) is 0 Å². The predicted molar refractivity (Wildman–Crippen MR) is 98.3 cm³/mol. The number of H-pyrrole nitrogens is 1. The molecule has 2 amide bonds. The molecule has 0 bridgehead atoms. The van der Waals surface area contributed by atoms with E-state index in [2.05, 4.69) is 15.6 Å². The highest BCUT2D eigenvalue weighted by molar-refractivity contribution is 6.08. The molecule has 0 aliphatic heterocycles. The number of fused-ring (bicyclic) bond motifs is 1. The fraction of sp³-hybridized carbons (Fsp3) is 0.158. The van der Waals surface area contributed by atoms with Crippen molar-refractivity contribution in [3.63, 3.8) is 0 Å². The summed E-state index contributed by atoms with van der Waals surface area (Å²) < 4.78 is 5.22. The Labute approximate surface area is 145 Å². The molecule has 0 saturated carbocycles. The minimum absolute atomic E-state index is 0.163. The van der Waals surface area contributed by atoms with Crippen LogP contribution in [0.1, 0.15) is 23.0 Å². The summed E-state index contributed by atoms with van der Waals surface area (Å²) in [6.07, 6.45) is 0. The van der Waals surface area contributed by atoms with Crippen molar-refractivity contribution in [1.82, 2.24) is 4.98 Å². The van der Waals surface area contributed by atoms with Crippen LogP contribution >= 0.6 is 0 Å². The van der Waals surface area contributed by atoms with Crippen LogP contribution in [0.4, 0.5) is 11.4 Å². The summed E-state index contributed by atoms with van der Waals surface area (Å²) in [6, 6.07) is 12.7. The van der Waals surface area contributed by atoms with Gasteiger partial charge in [-0.25, -0.2) is 0 Å². The van der Waals surface area contributed by atoms with Crippen molar-refractivity contribution >= 4 is 34.1 Å². The van der Waals surface area contributed by atoms with Gasteiger partial charge in [-0.15, -0.1) is 0 Å². The maximum Gasteiger partial charge on any atom is 0.272 e. The van der Waals surface area contributed by atoms with Gasteiger partial charge in [-0.1, -0.05) is 6.07 Å². The lowest BCUT2D eigenvalue weighted by Crippen LogP contribution is -2.14. The minimum atomic E-state index is -0.243. The van der Waals surface area contributed by atoms with Crippen LogP contribution in [-0.4, -0.2) is 23.9 Å². The number of aromatic amines is 1. The van der Waals surface area contributed by atoms with Crippen LogP contribution in [0.3, 0.4) is 0 Å². The molecule has 3 aromatic rings. The van der Waals surface area contributed by atoms with Crippen molar-refractivity contribution in [3.8, 4) is 5.75 Å². The highest BCUT2D eigenvalue weighted by Gasteiger charge is 2.15. The number of hydrogen-bond acceptors (Lipinski definition) is 3. The van der Waals surface area contributed by atoms with Gasteiger partial charge < -0.3 is 20.4 Å². The van der Waals surface area contributed by atoms with E-state index in [1.165, 1.54) is 6.92 Å². The molecule has 0 aliphatic carbocycles. The fourth-order valence-electron chi connectivity index (χ4n) is 2.74. The van der Waals surface area contributed by atoms with Crippen LogP contribution in [-0.2, 0) is 4.79 Å². The molecule has 3 N–H and O–H groups in total. The topological polar surface area (TPSA) is 83.2 Å². The Hall–Kier alpha value is -3.28. The lowest BCUT2D eigenvalue weighted by molar-refractivity contribution is -0.114. The number of carbonyl (C=O) groups is 2. The van der Waals surface area contributed by atoms with Crippen molar-refractivity contribution in [2.24, 2.45) is 0 Å². The first-order chi connectivity index (χ1) is 12.0. The molecule has 1 aromatic heterocycles. The molecule has 0 unspecified atom stereocenters. The van der Waals surface area contributed by atoms with E-state index in [9.17, 15) is 9.59 Å². The van der Waals surface area contributed by atoms with Gasteiger partial charge in [-0.05, 0) is 42.8 Å². The van der Waals surface area contributed by atoms with Gasteiger partial charge in [0.15, 0.2) is 0 Å². The Kier molecular flexibility index (Phi) is 4.43. The Balaban J connectivity index is 1.87. The van der Waals surface area contributed by atoms with Gasteiger partial charge >= 0.3 is 0 Å². The molecule has 3 rings (SSSR count). The second-order valence-corrected chi connectivity index (χ2v) is 5.75. The molecule has 1 heterocycles. The van der Waals surface area contributed by atoms with E-state index in [1.807, 2.05) is 25.1 Å². The maximum absolute atomic E-state index is 12.6. The third kappa shape index (κ3) is 3.47. The molecule has 0 atom stereocenters. The summed E-state index contributed by atoms with van der Waals surface area (Å²) in [7, 11) is 1.60. The Morgan fingerprint density at radius 3 is 2.44 bits per heavy atom. The van der Waals surface area contributed by atoms with E-state index in [4.69, 9.17) is 4.74 Å². The Morgan fingerprint density at radius 1 is 1.04 bits per heavy atom. The lowest BCUT2D eigenvalue weighted by Gasteiger charge is -2.07. The number of benzene rings is 2. The van der Waals surface area contributed by atoms with E-state index in [1.54, 1.807) is 31.4 Å². The average molecular weight is 337 g/mol. The molecule has 6 nitrogen and oxygen atoms in total. The first-order valence-electron chi connectivity index (χ1n) is 7.83. The van der Waals surface area contributed by atoms with E-state index < -0.39 is 0 Å². The lowest BCUT2D eigenvalue weighted by atomic mass is 10.1. The zero-order valence-electron chi connectivity index (χ0n) is 14.3. The number of ether oxygens (including phenoxy) is 1. The monoisotopic (exact) mass is 337 g/mol. The highest BCUT2D eigenvalue weighted by atomic mass is 16.5. The molecule has 0 spiro atoms. The van der Waals surface area contributed by atoms with Gasteiger partial charge in [0.1, 0.15) is 11.4 Å². The number of amides is 2. The molecule has 6 heteroatoms. The molecule has 0 saturated heterocycles. The largest absolute Gasteiger partial charge is 0.497 e. The van der Waals surface area contributed by atoms with Gasteiger partial charge in [0, 0.05) is 35.3 Å². The summed E-state index contributed by atoms with van der Waals surface area (Å²) in [5, 5.41) is 6.51. The summed E-state index contributed by atoms with van der Waals surface area (Å²) in [6.45, 7) is 3.33. The summed E-state index contributed by atoms with van der Waals surface area (Å²) in [5.41, 5.74) is 3.44. The van der Waals surface area contributed by atoms with E-state index in [0.717, 1.165) is 22.2 Å². The molecular formula is C19H19N3O3. The summed E-state index contributed by atoms with van der Waals surface area (Å²) in [4.78, 5) is 26.9. The number of aryl methyl sites for hydroxylation is 1. The normalized spacial score (nSPS) is 10.5. The van der Waals surface area contributed by atoms with Crippen LogP contribution in [0.25, 0.3) is 10.9 Å². The third-order valence-corrected chi connectivity index (χ3v) is 3.93. The highest BCUT2D eigenvalue weighted by Crippen LogP contribution is 2.26. The molecule has 0 aliphatic rings. The number of methoxy groups -OCH3 is 1. The quantitative estimate of drug-likeness (QED) is 0.679. The Morgan fingerprint density at radius 2 is 1.76 bits per heavy atom. The third-order valence-electron chi connectivity index (χ3n) is 3.93. The maximum atomic E-state index is 12.6.